The molecule has 2 aromatic rings. The lowest BCUT2D eigenvalue weighted by Crippen LogP contribution is -2.14. The number of anilines is 2. The fourth-order valence-corrected chi connectivity index (χ4v) is 2.38. The molecular formula is C15H23N5O. The average molecular weight is 289 g/mol. The predicted octanol–water partition coefficient (Wildman–Crippen LogP) is 2.12. The Morgan fingerprint density at radius 1 is 1.33 bits per heavy atom. The van der Waals surface area contributed by atoms with E-state index in [1.165, 1.54) is 5.56 Å². The number of rotatable bonds is 5. The summed E-state index contributed by atoms with van der Waals surface area (Å²) in [5.41, 5.74) is 5.34. The zero-order valence-electron chi connectivity index (χ0n) is 13.6. The van der Waals surface area contributed by atoms with Crippen LogP contribution in [0.2, 0.25) is 0 Å². The minimum absolute atomic E-state index is 0.598. The molecule has 0 unspecified atom stereocenters. The molecule has 0 aliphatic heterocycles. The van der Waals surface area contributed by atoms with E-state index in [0.717, 1.165) is 22.8 Å². The number of ether oxygens (including phenoxy) is 1. The van der Waals surface area contributed by atoms with E-state index in [1.807, 2.05) is 43.7 Å². The lowest BCUT2D eigenvalue weighted by molar-refractivity contribution is 0.400. The molecule has 0 aliphatic carbocycles. The maximum absolute atomic E-state index is 5.37. The fraction of sp³-hybridized carbons (Fsp3) is 0.467. The van der Waals surface area contributed by atoms with Gasteiger partial charge in [0.05, 0.1) is 18.5 Å². The highest BCUT2D eigenvalue weighted by Crippen LogP contribution is 2.32. The van der Waals surface area contributed by atoms with Crippen LogP contribution in [0.25, 0.3) is 0 Å². The van der Waals surface area contributed by atoms with Crippen LogP contribution in [0.15, 0.2) is 12.3 Å². The SMILES string of the molecule is COc1nccc(N(C)C)c1NCc1c(C)nn(C)c1C. The summed E-state index contributed by atoms with van der Waals surface area (Å²) in [6.07, 6.45) is 1.75. The van der Waals surface area contributed by atoms with Crippen LogP contribution in [0.1, 0.15) is 17.0 Å². The second-order valence-corrected chi connectivity index (χ2v) is 5.24. The van der Waals surface area contributed by atoms with Crippen molar-refractivity contribution in [1.29, 1.82) is 0 Å². The molecule has 0 saturated carbocycles. The van der Waals surface area contributed by atoms with Crippen LogP contribution in [0.3, 0.4) is 0 Å². The van der Waals surface area contributed by atoms with Crippen LogP contribution in [0.4, 0.5) is 11.4 Å². The van der Waals surface area contributed by atoms with Crippen LogP contribution in [-0.2, 0) is 13.6 Å². The van der Waals surface area contributed by atoms with Crippen LogP contribution < -0.4 is 15.0 Å². The molecule has 0 radical (unpaired) electrons. The van der Waals surface area contributed by atoms with Crippen molar-refractivity contribution in [2.24, 2.45) is 7.05 Å². The van der Waals surface area contributed by atoms with Gasteiger partial charge in [-0.15, -0.1) is 0 Å². The summed E-state index contributed by atoms with van der Waals surface area (Å²) in [5, 5.41) is 7.89. The largest absolute Gasteiger partial charge is 0.479 e. The molecule has 6 heteroatoms. The molecule has 6 nitrogen and oxygen atoms in total. The standard InChI is InChI=1S/C15H23N5O/c1-10-12(11(2)20(5)18-10)9-17-14-13(19(3)4)7-8-16-15(14)21-6/h7-8,17H,9H2,1-6H3. The van der Waals surface area contributed by atoms with Gasteiger partial charge >= 0.3 is 0 Å². The number of aromatic nitrogens is 3. The number of nitrogens with zero attached hydrogens (tertiary/aromatic N) is 4. The number of nitrogens with one attached hydrogen (secondary N) is 1. The van der Waals surface area contributed by atoms with E-state index in [2.05, 4.69) is 22.3 Å². The summed E-state index contributed by atoms with van der Waals surface area (Å²) in [6.45, 7) is 4.79. The number of hydrogen-bond donors (Lipinski definition) is 1. The lowest BCUT2D eigenvalue weighted by Gasteiger charge is -2.20. The van der Waals surface area contributed by atoms with Gasteiger partial charge < -0.3 is 15.0 Å². The summed E-state index contributed by atoms with van der Waals surface area (Å²) < 4.78 is 7.27. The van der Waals surface area contributed by atoms with Gasteiger partial charge in [-0.25, -0.2) is 4.98 Å². The highest BCUT2D eigenvalue weighted by Gasteiger charge is 2.14. The van der Waals surface area contributed by atoms with Crippen LogP contribution >= 0.6 is 0 Å². The molecule has 1 N–H and O–H groups in total. The summed E-state index contributed by atoms with van der Waals surface area (Å²) in [4.78, 5) is 6.31. The van der Waals surface area contributed by atoms with Gasteiger partial charge in [-0.1, -0.05) is 0 Å². The second kappa shape index (κ2) is 6.03. The van der Waals surface area contributed by atoms with Crippen LogP contribution in [0.5, 0.6) is 5.88 Å². The Bertz CT molecular complexity index is 633. The van der Waals surface area contributed by atoms with Gasteiger partial charge in [0.2, 0.25) is 5.88 Å². The molecule has 0 spiro atoms. The molecule has 2 aromatic heterocycles. The van der Waals surface area contributed by atoms with Gasteiger partial charge in [-0.05, 0) is 19.9 Å². The first kappa shape index (κ1) is 15.2. The minimum Gasteiger partial charge on any atom is -0.479 e. The predicted molar refractivity (Wildman–Crippen MR) is 85.1 cm³/mol. The Hall–Kier alpha value is -2.24. The Labute approximate surface area is 125 Å². The van der Waals surface area contributed by atoms with Crippen LogP contribution in [-0.4, -0.2) is 36.0 Å². The Balaban J connectivity index is 2.31. The molecule has 0 aliphatic rings. The van der Waals surface area contributed by atoms with Gasteiger partial charge in [-0.3, -0.25) is 4.68 Å². The van der Waals surface area contributed by atoms with Crippen molar-refractivity contribution >= 4 is 11.4 Å². The molecular weight excluding hydrogens is 266 g/mol. The maximum atomic E-state index is 5.37. The number of hydrogen-bond acceptors (Lipinski definition) is 5. The van der Waals surface area contributed by atoms with Crippen molar-refractivity contribution in [3.8, 4) is 5.88 Å². The monoisotopic (exact) mass is 289 g/mol. The lowest BCUT2D eigenvalue weighted by atomic mass is 10.2. The fourth-order valence-electron chi connectivity index (χ4n) is 2.38. The van der Waals surface area contributed by atoms with E-state index in [0.29, 0.717) is 12.4 Å². The molecule has 0 atom stereocenters. The maximum Gasteiger partial charge on any atom is 0.239 e. The van der Waals surface area contributed by atoms with E-state index < -0.39 is 0 Å². The first-order chi connectivity index (χ1) is 9.95. The first-order valence-electron chi connectivity index (χ1n) is 6.89. The van der Waals surface area contributed by atoms with Gasteiger partial charge in [0.1, 0.15) is 5.69 Å². The number of pyridine rings is 1. The summed E-state index contributed by atoms with van der Waals surface area (Å²) >= 11 is 0. The molecule has 0 bridgehead atoms. The van der Waals surface area contributed by atoms with Crippen molar-refractivity contribution in [2.45, 2.75) is 20.4 Å². The van der Waals surface area contributed by atoms with Crippen molar-refractivity contribution < 1.29 is 4.74 Å². The van der Waals surface area contributed by atoms with E-state index in [-0.39, 0.29) is 0 Å². The molecule has 0 fully saturated rings. The third-order valence-electron chi connectivity index (χ3n) is 3.67. The van der Waals surface area contributed by atoms with Gasteiger partial charge in [0.15, 0.2) is 0 Å². The highest BCUT2D eigenvalue weighted by atomic mass is 16.5. The molecule has 2 heterocycles. The molecule has 0 saturated heterocycles. The zero-order valence-corrected chi connectivity index (χ0v) is 13.6. The normalized spacial score (nSPS) is 10.6. The number of methoxy groups -OCH3 is 1. The van der Waals surface area contributed by atoms with Crippen LogP contribution in [0, 0.1) is 13.8 Å². The second-order valence-electron chi connectivity index (χ2n) is 5.24. The van der Waals surface area contributed by atoms with Crippen molar-refractivity contribution in [1.82, 2.24) is 14.8 Å². The highest BCUT2D eigenvalue weighted by molar-refractivity contribution is 5.74. The molecule has 114 valence electrons. The Morgan fingerprint density at radius 2 is 2.05 bits per heavy atom. The van der Waals surface area contributed by atoms with E-state index >= 15 is 0 Å². The summed E-state index contributed by atoms with van der Waals surface area (Å²) in [6, 6.07) is 1.97. The third-order valence-corrected chi connectivity index (χ3v) is 3.67. The van der Waals surface area contributed by atoms with Gasteiger partial charge in [0, 0.05) is 45.1 Å². The van der Waals surface area contributed by atoms with E-state index in [9.17, 15) is 0 Å². The topological polar surface area (TPSA) is 55.2 Å². The van der Waals surface area contributed by atoms with E-state index in [1.54, 1.807) is 13.3 Å². The summed E-state index contributed by atoms with van der Waals surface area (Å²) in [7, 11) is 7.59. The smallest absolute Gasteiger partial charge is 0.239 e. The molecule has 2 rings (SSSR count). The molecule has 21 heavy (non-hydrogen) atoms. The molecule has 0 amide bonds. The quantitative estimate of drug-likeness (QED) is 0.913. The van der Waals surface area contributed by atoms with Crippen molar-refractivity contribution in [2.75, 3.05) is 31.4 Å². The van der Waals surface area contributed by atoms with Gasteiger partial charge in [-0.2, -0.15) is 5.10 Å². The Morgan fingerprint density at radius 3 is 2.57 bits per heavy atom. The average Bonchev–Trinajstić information content (AvgIpc) is 2.69. The molecule has 0 aromatic carbocycles. The third kappa shape index (κ3) is 2.94. The summed E-state index contributed by atoms with van der Waals surface area (Å²) in [5.74, 6) is 0.598. The number of aryl methyl sites for hydroxylation is 2. The van der Waals surface area contributed by atoms with Gasteiger partial charge in [0.25, 0.3) is 0 Å². The van der Waals surface area contributed by atoms with Crippen molar-refractivity contribution in [3.63, 3.8) is 0 Å². The first-order valence-corrected chi connectivity index (χ1v) is 6.89. The van der Waals surface area contributed by atoms with E-state index in [4.69, 9.17) is 4.74 Å². The Kier molecular flexibility index (Phi) is 4.35. The zero-order chi connectivity index (χ0) is 15.6. The van der Waals surface area contributed by atoms with Crippen molar-refractivity contribution in [3.05, 3.63) is 29.2 Å². The minimum atomic E-state index is 0.598.